The molecular weight excluding hydrogens is 91.5 g/mol. The second-order valence-corrected chi connectivity index (χ2v) is 0.167. The highest BCUT2D eigenvalue weighted by Gasteiger charge is 1.10. The Labute approximate surface area is 36.4 Å². The summed E-state index contributed by atoms with van der Waals surface area (Å²) in [7, 11) is 0. The predicted octanol–water partition coefficient (Wildman–Crippen LogP) is -0.851. The van der Waals surface area contributed by atoms with Gasteiger partial charge in [0, 0.05) is 0 Å². The molecule has 0 spiro atoms. The van der Waals surface area contributed by atoms with Crippen LogP contribution in [0.2, 0.25) is 0 Å². The van der Waals surface area contributed by atoms with Crippen LogP contribution in [0, 0.1) is 5.41 Å². The average molecular weight is 98.5 g/mol. The van der Waals surface area contributed by atoms with Crippen LogP contribution in [-0.4, -0.2) is 11.8 Å². The smallest absolute Gasteiger partial charge is 0.0765 e. The van der Waals surface area contributed by atoms with E-state index in [2.05, 4.69) is 5.73 Å². The number of rotatable bonds is 0. The summed E-state index contributed by atoms with van der Waals surface area (Å²) in [6.45, 7) is 0. The van der Waals surface area contributed by atoms with E-state index in [0.717, 1.165) is 6.34 Å². The van der Waals surface area contributed by atoms with Gasteiger partial charge in [-0.2, -0.15) is 0 Å². The Morgan fingerprint density at radius 1 is 1.60 bits per heavy atom. The molecule has 0 radical (unpaired) electrons. The van der Waals surface area contributed by atoms with Crippen molar-refractivity contribution >= 4 is 18.7 Å². The first-order valence-electron chi connectivity index (χ1n) is 0.622. The first-order valence-corrected chi connectivity index (χ1v) is 0.622. The van der Waals surface area contributed by atoms with Crippen molar-refractivity contribution in [2.45, 2.75) is 0 Å². The van der Waals surface area contributed by atoms with Crippen LogP contribution in [-0.2, 0) is 0 Å². The van der Waals surface area contributed by atoms with Crippen LogP contribution in [0.1, 0.15) is 0 Å². The minimum absolute atomic E-state index is 0. The molecule has 0 aromatic rings. The zero-order valence-electron chi connectivity index (χ0n) is 2.56. The van der Waals surface area contributed by atoms with Crippen LogP contribution in [0.4, 0.5) is 0 Å². The van der Waals surface area contributed by atoms with Gasteiger partial charge in [-0.1, -0.05) is 0 Å². The molecule has 5 N–H and O–H groups in total. The molecule has 4 heteroatoms. The third-order valence-corrected chi connectivity index (χ3v) is 0. The molecule has 0 aromatic heterocycles. The van der Waals surface area contributed by atoms with Crippen molar-refractivity contribution in [2.24, 2.45) is 5.73 Å². The van der Waals surface area contributed by atoms with Gasteiger partial charge < -0.3 is 11.2 Å². The van der Waals surface area contributed by atoms with Gasteiger partial charge >= 0.3 is 0 Å². The van der Waals surface area contributed by atoms with Crippen LogP contribution in [0.15, 0.2) is 0 Å². The summed E-state index contributed by atoms with van der Waals surface area (Å²) in [6.07, 6.45) is 0.750. The van der Waals surface area contributed by atoms with Gasteiger partial charge in [-0.05, 0) is 0 Å². The molecule has 0 saturated heterocycles. The molecule has 0 rings (SSSR count). The highest BCUT2D eigenvalue weighted by Crippen LogP contribution is 0.879. The summed E-state index contributed by atoms with van der Waals surface area (Å²) in [5.74, 6) is 0. The molecule has 0 aliphatic heterocycles. The number of hydrogen-bond donors (Lipinski definition) is 2. The van der Waals surface area contributed by atoms with E-state index in [-0.39, 0.29) is 17.9 Å². The topological polar surface area (TPSA) is 81.4 Å². The van der Waals surface area contributed by atoms with Gasteiger partial charge in [-0.25, -0.2) is 0 Å². The molecule has 0 fully saturated rings. The van der Waals surface area contributed by atoms with Crippen molar-refractivity contribution < 1.29 is 5.48 Å². The van der Waals surface area contributed by atoms with E-state index in [4.69, 9.17) is 5.41 Å². The highest BCUT2D eigenvalue weighted by molar-refractivity contribution is 5.85. The number of nitrogens with two attached hydrogens (primary N) is 1. The van der Waals surface area contributed by atoms with E-state index in [1.54, 1.807) is 0 Å². The maximum Gasteiger partial charge on any atom is 0.0765 e. The van der Waals surface area contributed by atoms with Crippen LogP contribution >= 0.6 is 12.4 Å². The largest absolute Gasteiger partial charge is 0.412 e. The minimum Gasteiger partial charge on any atom is -0.412 e. The second kappa shape index (κ2) is 53.1. The van der Waals surface area contributed by atoms with E-state index in [1.807, 2.05) is 0 Å². The molecule has 0 saturated carbocycles. The summed E-state index contributed by atoms with van der Waals surface area (Å²) < 4.78 is 0. The molecule has 34 valence electrons. The monoisotopic (exact) mass is 98.0 g/mol. The first-order chi connectivity index (χ1) is 1.41. The molecule has 0 aliphatic carbocycles. The first kappa shape index (κ1) is 22.1. The fourth-order valence-electron chi connectivity index (χ4n) is 0. The van der Waals surface area contributed by atoms with Gasteiger partial charge in [-0.15, -0.1) is 12.4 Å². The zero-order valence-corrected chi connectivity index (χ0v) is 3.38. The van der Waals surface area contributed by atoms with E-state index < -0.39 is 0 Å². The lowest BCUT2D eigenvalue weighted by Gasteiger charge is -1.38. The second-order valence-electron chi connectivity index (χ2n) is 0.167. The molecule has 0 unspecified atom stereocenters. The molecule has 0 amide bonds. The summed E-state index contributed by atoms with van der Waals surface area (Å²) in [5.41, 5.74) is 4.39. The van der Waals surface area contributed by atoms with Crippen LogP contribution in [0.25, 0.3) is 0 Å². The normalized spacial score (nSPS) is 2.40. The standard InChI is InChI=1S/CH4N2.ClH.H2O/c2-1-3;;/h1H,(H3,2,3);1H;1H2. The Morgan fingerprint density at radius 3 is 1.60 bits per heavy atom. The zero-order chi connectivity index (χ0) is 2.71. The molecule has 0 heterocycles. The van der Waals surface area contributed by atoms with Gasteiger partial charge in [0.05, 0.1) is 6.34 Å². The lowest BCUT2D eigenvalue weighted by molar-refractivity contribution is 0.824. The molecule has 0 bridgehead atoms. The van der Waals surface area contributed by atoms with Crippen molar-refractivity contribution in [1.29, 1.82) is 5.41 Å². The lowest BCUT2D eigenvalue weighted by Crippen LogP contribution is -1.81. The maximum atomic E-state index is 5.86. The molecule has 3 nitrogen and oxygen atoms in total. The molecule has 0 aliphatic rings. The Balaban J connectivity index is -0.0000000200. The van der Waals surface area contributed by atoms with E-state index in [1.165, 1.54) is 0 Å². The average Bonchev–Trinajstić information content (AvgIpc) is 0.918. The Kier molecular flexibility index (Phi) is 234. The summed E-state index contributed by atoms with van der Waals surface area (Å²) in [5, 5.41) is 5.86. The van der Waals surface area contributed by atoms with Gasteiger partial charge in [0.1, 0.15) is 0 Å². The Bertz CT molecular complexity index is 17.1. The van der Waals surface area contributed by atoms with Crippen LogP contribution in [0.3, 0.4) is 0 Å². The van der Waals surface area contributed by atoms with Gasteiger partial charge in [0.25, 0.3) is 0 Å². The lowest BCUT2D eigenvalue weighted by atomic mass is 11.4. The van der Waals surface area contributed by atoms with Crippen molar-refractivity contribution in [1.82, 2.24) is 0 Å². The SMILES string of the molecule is Cl.N=CN.O. The molecule has 0 aromatic carbocycles. The number of halogens is 1. The van der Waals surface area contributed by atoms with E-state index in [9.17, 15) is 0 Å². The van der Waals surface area contributed by atoms with Crippen molar-refractivity contribution in [3.8, 4) is 0 Å². The Hall–Kier alpha value is -0.280. The third-order valence-electron chi connectivity index (χ3n) is 0. The van der Waals surface area contributed by atoms with Crippen molar-refractivity contribution in [3.05, 3.63) is 0 Å². The summed E-state index contributed by atoms with van der Waals surface area (Å²) in [4.78, 5) is 0. The molecular formula is CH7ClN2O. The number of hydrogen-bond acceptors (Lipinski definition) is 1. The Morgan fingerprint density at radius 2 is 1.60 bits per heavy atom. The minimum atomic E-state index is 0. The van der Waals surface area contributed by atoms with Gasteiger partial charge in [0.2, 0.25) is 0 Å². The fraction of sp³-hybridized carbons (Fsp3) is 0. The molecule has 0 atom stereocenters. The van der Waals surface area contributed by atoms with Gasteiger partial charge in [0.15, 0.2) is 0 Å². The van der Waals surface area contributed by atoms with Crippen molar-refractivity contribution in [3.63, 3.8) is 0 Å². The van der Waals surface area contributed by atoms with Crippen molar-refractivity contribution in [2.75, 3.05) is 0 Å². The fourth-order valence-corrected chi connectivity index (χ4v) is 0. The third kappa shape index (κ3) is 140. The quantitative estimate of drug-likeness (QED) is 0.300. The summed E-state index contributed by atoms with van der Waals surface area (Å²) >= 11 is 0. The van der Waals surface area contributed by atoms with E-state index >= 15 is 0 Å². The summed E-state index contributed by atoms with van der Waals surface area (Å²) in [6, 6.07) is 0. The maximum absolute atomic E-state index is 5.86. The van der Waals surface area contributed by atoms with Crippen LogP contribution in [0.5, 0.6) is 0 Å². The highest BCUT2D eigenvalue weighted by atomic mass is 35.5. The predicted molar refractivity (Wildman–Crippen MR) is 23.8 cm³/mol. The van der Waals surface area contributed by atoms with Crippen LogP contribution < -0.4 is 5.73 Å². The molecule has 5 heavy (non-hydrogen) atoms. The number of nitrogens with one attached hydrogen (secondary N) is 1. The van der Waals surface area contributed by atoms with E-state index in [0.29, 0.717) is 0 Å². The van der Waals surface area contributed by atoms with Gasteiger partial charge in [-0.3, -0.25) is 5.41 Å².